The zero-order chi connectivity index (χ0) is 17.3. The van der Waals surface area contributed by atoms with Crippen LogP contribution in [-0.4, -0.2) is 63.5 Å². The van der Waals surface area contributed by atoms with E-state index < -0.39 is 23.7 Å². The Bertz CT molecular complexity index is 691. The van der Waals surface area contributed by atoms with Gasteiger partial charge in [0.15, 0.2) is 0 Å². The monoisotopic (exact) mass is 352 g/mol. The van der Waals surface area contributed by atoms with Crippen LogP contribution >= 0.6 is 11.8 Å². The molecule has 24 heavy (non-hydrogen) atoms. The van der Waals surface area contributed by atoms with E-state index in [-0.39, 0.29) is 17.0 Å². The van der Waals surface area contributed by atoms with Crippen LogP contribution in [0.1, 0.15) is 33.6 Å². The SMILES string of the molecule is O=C(O)c1ccc(C(=O)N2CSCC2C(=O)N2CCCC2)c(F)c1. The number of likely N-dealkylation sites (tertiary alicyclic amines) is 1. The van der Waals surface area contributed by atoms with Crippen molar-refractivity contribution < 1.29 is 23.9 Å². The van der Waals surface area contributed by atoms with Gasteiger partial charge < -0.3 is 14.9 Å². The Balaban J connectivity index is 1.80. The topological polar surface area (TPSA) is 77.9 Å². The van der Waals surface area contributed by atoms with Crippen LogP contribution < -0.4 is 0 Å². The van der Waals surface area contributed by atoms with Crippen LogP contribution in [0.4, 0.5) is 4.39 Å². The van der Waals surface area contributed by atoms with Crippen LogP contribution in [0.3, 0.4) is 0 Å². The van der Waals surface area contributed by atoms with Gasteiger partial charge in [0.2, 0.25) is 5.91 Å². The predicted octanol–water partition coefficient (Wildman–Crippen LogP) is 1.66. The minimum absolute atomic E-state index is 0.0894. The molecule has 0 aromatic heterocycles. The molecule has 2 aliphatic rings. The Kier molecular flexibility index (Phi) is 4.75. The highest BCUT2D eigenvalue weighted by Gasteiger charge is 2.38. The van der Waals surface area contributed by atoms with E-state index in [0.717, 1.165) is 18.9 Å². The van der Waals surface area contributed by atoms with Crippen molar-refractivity contribution in [3.8, 4) is 0 Å². The van der Waals surface area contributed by atoms with Gasteiger partial charge in [0.25, 0.3) is 5.91 Å². The minimum atomic E-state index is -1.26. The molecule has 3 rings (SSSR count). The Morgan fingerprint density at radius 1 is 1.21 bits per heavy atom. The number of amides is 2. The highest BCUT2D eigenvalue weighted by molar-refractivity contribution is 7.99. The van der Waals surface area contributed by atoms with Crippen molar-refractivity contribution in [2.75, 3.05) is 24.7 Å². The summed E-state index contributed by atoms with van der Waals surface area (Å²) in [6.07, 6.45) is 1.93. The molecule has 0 radical (unpaired) electrons. The first-order valence-electron chi connectivity index (χ1n) is 7.69. The molecular formula is C16H17FN2O4S. The first-order chi connectivity index (χ1) is 11.5. The number of halogens is 1. The Hall–Kier alpha value is -2.09. The predicted molar refractivity (Wildman–Crippen MR) is 86.5 cm³/mol. The van der Waals surface area contributed by atoms with Crippen molar-refractivity contribution in [3.63, 3.8) is 0 Å². The van der Waals surface area contributed by atoms with Crippen LogP contribution in [0.5, 0.6) is 0 Å². The molecule has 0 bridgehead atoms. The van der Waals surface area contributed by atoms with E-state index in [1.807, 2.05) is 0 Å². The summed E-state index contributed by atoms with van der Waals surface area (Å²) in [7, 11) is 0. The van der Waals surface area contributed by atoms with Crippen molar-refractivity contribution in [2.45, 2.75) is 18.9 Å². The number of carboxylic acids is 1. The summed E-state index contributed by atoms with van der Waals surface area (Å²) in [6.45, 7) is 1.40. The molecule has 1 atom stereocenters. The van der Waals surface area contributed by atoms with Gasteiger partial charge in [0.05, 0.1) is 17.0 Å². The summed E-state index contributed by atoms with van der Waals surface area (Å²) in [4.78, 5) is 39.2. The molecule has 2 saturated heterocycles. The zero-order valence-corrected chi connectivity index (χ0v) is 13.7. The standard InChI is InChI=1S/C16H17FN2O4S/c17-12-7-10(16(22)23)3-4-11(12)14(20)19-9-24-8-13(19)15(21)18-5-1-2-6-18/h3-4,7,13H,1-2,5-6,8-9H2,(H,22,23). The molecule has 128 valence electrons. The summed E-state index contributed by atoms with van der Waals surface area (Å²) in [6, 6.07) is 2.61. The number of hydrogen-bond acceptors (Lipinski definition) is 4. The van der Waals surface area contributed by atoms with Crippen molar-refractivity contribution in [1.29, 1.82) is 0 Å². The van der Waals surface area contributed by atoms with Crippen LogP contribution in [-0.2, 0) is 4.79 Å². The number of thioether (sulfide) groups is 1. The average Bonchev–Trinajstić information content (AvgIpc) is 3.24. The first-order valence-corrected chi connectivity index (χ1v) is 8.85. The molecule has 0 aliphatic carbocycles. The van der Waals surface area contributed by atoms with Crippen LogP contribution in [0.15, 0.2) is 18.2 Å². The zero-order valence-electron chi connectivity index (χ0n) is 12.9. The van der Waals surface area contributed by atoms with Crippen LogP contribution in [0.2, 0.25) is 0 Å². The Morgan fingerprint density at radius 2 is 1.92 bits per heavy atom. The number of carboxylic acid groups (broad SMARTS) is 1. The molecule has 0 spiro atoms. The molecule has 2 heterocycles. The first kappa shape index (κ1) is 16.8. The number of benzene rings is 1. The minimum Gasteiger partial charge on any atom is -0.478 e. The largest absolute Gasteiger partial charge is 0.478 e. The molecule has 1 N–H and O–H groups in total. The third-order valence-electron chi connectivity index (χ3n) is 4.29. The number of hydrogen-bond donors (Lipinski definition) is 1. The average molecular weight is 352 g/mol. The summed E-state index contributed by atoms with van der Waals surface area (Å²) in [5.41, 5.74) is -0.425. The molecule has 1 unspecified atom stereocenters. The van der Waals surface area contributed by atoms with Gasteiger partial charge in [-0.2, -0.15) is 0 Å². The fraction of sp³-hybridized carbons (Fsp3) is 0.438. The van der Waals surface area contributed by atoms with Crippen molar-refractivity contribution in [2.24, 2.45) is 0 Å². The molecular weight excluding hydrogens is 335 g/mol. The summed E-state index contributed by atoms with van der Waals surface area (Å²) >= 11 is 1.46. The van der Waals surface area contributed by atoms with E-state index in [1.165, 1.54) is 28.8 Å². The smallest absolute Gasteiger partial charge is 0.335 e. The molecule has 2 amide bonds. The van der Waals surface area contributed by atoms with Crippen LogP contribution in [0, 0.1) is 5.82 Å². The lowest BCUT2D eigenvalue weighted by Gasteiger charge is -2.27. The van der Waals surface area contributed by atoms with E-state index in [2.05, 4.69) is 0 Å². The Morgan fingerprint density at radius 3 is 2.54 bits per heavy atom. The molecule has 2 aliphatic heterocycles. The number of carbonyl (C=O) groups is 3. The quantitative estimate of drug-likeness (QED) is 0.895. The lowest BCUT2D eigenvalue weighted by atomic mass is 10.1. The molecule has 8 heteroatoms. The second-order valence-corrected chi connectivity index (χ2v) is 6.82. The van der Waals surface area contributed by atoms with Gasteiger partial charge in [-0.25, -0.2) is 9.18 Å². The maximum atomic E-state index is 14.1. The number of aromatic carboxylic acids is 1. The fourth-order valence-corrected chi connectivity index (χ4v) is 4.12. The van der Waals surface area contributed by atoms with Crippen LogP contribution in [0.25, 0.3) is 0 Å². The summed E-state index contributed by atoms with van der Waals surface area (Å²) in [5, 5.41) is 8.87. The van der Waals surface area contributed by atoms with E-state index in [9.17, 15) is 18.8 Å². The lowest BCUT2D eigenvalue weighted by Crippen LogP contribution is -2.48. The number of nitrogens with zero attached hydrogens (tertiary/aromatic N) is 2. The van der Waals surface area contributed by atoms with Gasteiger partial charge in [-0.15, -0.1) is 11.8 Å². The van der Waals surface area contributed by atoms with E-state index in [0.29, 0.717) is 24.7 Å². The number of carbonyl (C=O) groups excluding carboxylic acids is 2. The molecule has 1 aromatic rings. The van der Waals surface area contributed by atoms with E-state index in [4.69, 9.17) is 5.11 Å². The van der Waals surface area contributed by atoms with Gasteiger partial charge >= 0.3 is 5.97 Å². The van der Waals surface area contributed by atoms with E-state index >= 15 is 0 Å². The molecule has 2 fully saturated rings. The summed E-state index contributed by atoms with van der Waals surface area (Å²) in [5.74, 6) is -1.99. The third-order valence-corrected chi connectivity index (χ3v) is 5.30. The maximum absolute atomic E-state index is 14.1. The molecule has 1 aromatic carbocycles. The second kappa shape index (κ2) is 6.80. The van der Waals surface area contributed by atoms with Gasteiger partial charge in [-0.3, -0.25) is 9.59 Å². The summed E-state index contributed by atoms with van der Waals surface area (Å²) < 4.78 is 14.1. The fourth-order valence-electron chi connectivity index (χ4n) is 2.97. The van der Waals surface area contributed by atoms with Gasteiger partial charge in [0, 0.05) is 18.8 Å². The van der Waals surface area contributed by atoms with Crippen molar-refractivity contribution >= 4 is 29.5 Å². The normalized spacial score (nSPS) is 20.5. The van der Waals surface area contributed by atoms with Gasteiger partial charge in [-0.05, 0) is 31.0 Å². The highest BCUT2D eigenvalue weighted by atomic mass is 32.2. The van der Waals surface area contributed by atoms with Crippen molar-refractivity contribution in [3.05, 3.63) is 35.1 Å². The highest BCUT2D eigenvalue weighted by Crippen LogP contribution is 2.26. The second-order valence-electron chi connectivity index (χ2n) is 5.82. The van der Waals surface area contributed by atoms with Crippen molar-refractivity contribution in [1.82, 2.24) is 9.80 Å². The number of rotatable bonds is 3. The Labute approximate surface area is 142 Å². The van der Waals surface area contributed by atoms with Gasteiger partial charge in [0.1, 0.15) is 11.9 Å². The van der Waals surface area contributed by atoms with Gasteiger partial charge in [-0.1, -0.05) is 0 Å². The molecule has 0 saturated carbocycles. The lowest BCUT2D eigenvalue weighted by molar-refractivity contribution is -0.133. The van der Waals surface area contributed by atoms with E-state index in [1.54, 1.807) is 4.90 Å². The maximum Gasteiger partial charge on any atom is 0.335 e. The third kappa shape index (κ3) is 3.10. The molecule has 6 nitrogen and oxygen atoms in total.